The number of nitrogens with zero attached hydrogens (tertiary/aromatic N) is 4. The van der Waals surface area contributed by atoms with Crippen LogP contribution in [0.25, 0.3) is 33.6 Å². The molecule has 234 valence electrons. The Labute approximate surface area is 264 Å². The van der Waals surface area contributed by atoms with Crippen molar-refractivity contribution in [2.24, 2.45) is 0 Å². The van der Waals surface area contributed by atoms with Crippen LogP contribution in [0.1, 0.15) is 67.3 Å². The maximum absolute atomic E-state index is 14.6. The summed E-state index contributed by atoms with van der Waals surface area (Å²) < 4.78 is 33.3. The Hall–Kier alpha value is -4.22. The zero-order valence-corrected chi connectivity index (χ0v) is 26.5. The van der Waals surface area contributed by atoms with Crippen LogP contribution < -0.4 is 15.6 Å². The number of hydrogen-bond acceptors (Lipinski definition) is 7. The maximum Gasteiger partial charge on any atom is 0.280 e. The number of pyridine rings is 2. The third-order valence-electron chi connectivity index (χ3n) is 8.35. The lowest BCUT2D eigenvalue weighted by Gasteiger charge is -2.33. The first-order valence-corrected chi connectivity index (χ1v) is 15.9. The zero-order chi connectivity index (χ0) is 31.8. The molecule has 45 heavy (non-hydrogen) atoms. The van der Waals surface area contributed by atoms with E-state index in [1.54, 1.807) is 29.2 Å². The van der Waals surface area contributed by atoms with Gasteiger partial charge in [0, 0.05) is 48.4 Å². The smallest absolute Gasteiger partial charge is 0.280 e. The maximum atomic E-state index is 14.6. The van der Waals surface area contributed by atoms with E-state index in [9.17, 15) is 18.4 Å². The Bertz CT molecular complexity index is 1820. The van der Waals surface area contributed by atoms with Crippen LogP contribution in [0, 0.1) is 0 Å². The molecule has 11 heteroatoms. The van der Waals surface area contributed by atoms with Gasteiger partial charge in [0.2, 0.25) is 0 Å². The van der Waals surface area contributed by atoms with E-state index in [4.69, 9.17) is 9.72 Å². The summed E-state index contributed by atoms with van der Waals surface area (Å²) in [6, 6.07) is 10.6. The second-order valence-electron chi connectivity index (χ2n) is 11.7. The molecule has 0 saturated carbocycles. The Morgan fingerprint density at radius 3 is 2.53 bits per heavy atom. The minimum Gasteiger partial charge on any atom is -0.497 e. The molecular formula is C34H35F2N5O3S. The molecule has 2 saturated heterocycles. The van der Waals surface area contributed by atoms with E-state index < -0.39 is 6.43 Å². The minimum absolute atomic E-state index is 0.139. The van der Waals surface area contributed by atoms with Crippen molar-refractivity contribution in [1.82, 2.24) is 24.8 Å². The molecule has 2 bridgehead atoms. The van der Waals surface area contributed by atoms with Gasteiger partial charge in [-0.1, -0.05) is 18.6 Å². The number of benzene rings is 1. The van der Waals surface area contributed by atoms with Crippen molar-refractivity contribution < 1.29 is 18.3 Å². The number of thiazole rings is 1. The van der Waals surface area contributed by atoms with Crippen LogP contribution in [-0.2, 0) is 6.42 Å². The third-order valence-corrected chi connectivity index (χ3v) is 9.23. The molecule has 1 amide bonds. The number of ether oxygens (including phenoxy) is 1. The summed E-state index contributed by atoms with van der Waals surface area (Å²) in [4.78, 5) is 39.5. The number of aryl methyl sites for hydroxylation is 1. The Morgan fingerprint density at radius 1 is 1.16 bits per heavy atom. The highest BCUT2D eigenvalue weighted by atomic mass is 32.1. The Kier molecular flexibility index (Phi) is 8.65. The van der Waals surface area contributed by atoms with Gasteiger partial charge in [0.25, 0.3) is 17.9 Å². The molecule has 0 radical (unpaired) electrons. The van der Waals surface area contributed by atoms with Gasteiger partial charge < -0.3 is 15.0 Å². The quantitative estimate of drug-likeness (QED) is 0.238. The van der Waals surface area contributed by atoms with E-state index in [0.717, 1.165) is 24.0 Å². The molecule has 1 aromatic carbocycles. The topological polar surface area (TPSA) is 89.3 Å². The number of alkyl halides is 2. The summed E-state index contributed by atoms with van der Waals surface area (Å²) in [5, 5.41) is 5.76. The van der Waals surface area contributed by atoms with Crippen molar-refractivity contribution in [2.45, 2.75) is 58.5 Å². The number of allylic oxidation sites excluding steroid dienone is 1. The van der Waals surface area contributed by atoms with Crippen LogP contribution in [0.3, 0.4) is 0 Å². The third kappa shape index (κ3) is 6.06. The molecule has 2 aliphatic heterocycles. The second kappa shape index (κ2) is 12.6. The summed E-state index contributed by atoms with van der Waals surface area (Å²) in [6.45, 7) is 7.09. The predicted octanol–water partition coefficient (Wildman–Crippen LogP) is 6.53. The number of amides is 1. The SMILES string of the molecule is CCc1ccc(OC)cc1-n1c(C=C(C)C)c(C(=O)N2C[C@H]3CC[C@@H](C2)N3)cc(-c2nc(-c3ccc(C(F)F)nc3)cs2)c1=O. The van der Waals surface area contributed by atoms with Crippen LogP contribution in [0.2, 0.25) is 0 Å². The standard InChI is InChI=1S/C34H35F2N5O3S/c1-5-20-6-10-24(44-4)13-29(20)41-30(12-19(2)3)25(33(42)40-16-22-8-9-23(17-40)38-22)14-26(34(41)43)32-39-28(18-45-32)21-7-11-27(31(35)36)37-15-21/h6-7,10-15,18,22-23,31,38H,5,8-9,16-17H2,1-4H3/t22-,23+. The van der Waals surface area contributed by atoms with Gasteiger partial charge in [-0.05, 0) is 69.0 Å². The van der Waals surface area contributed by atoms with Gasteiger partial charge in [-0.15, -0.1) is 11.3 Å². The number of hydrogen-bond donors (Lipinski definition) is 1. The van der Waals surface area contributed by atoms with E-state index >= 15 is 0 Å². The van der Waals surface area contributed by atoms with Crippen molar-refractivity contribution in [3.63, 3.8) is 0 Å². The van der Waals surface area contributed by atoms with E-state index in [-0.39, 0.29) is 34.8 Å². The fourth-order valence-corrected chi connectivity index (χ4v) is 6.97. The minimum atomic E-state index is -2.67. The zero-order valence-electron chi connectivity index (χ0n) is 25.6. The molecule has 5 heterocycles. The van der Waals surface area contributed by atoms with Gasteiger partial charge in [-0.25, -0.2) is 13.8 Å². The predicted molar refractivity (Wildman–Crippen MR) is 172 cm³/mol. The van der Waals surface area contributed by atoms with Gasteiger partial charge in [0.15, 0.2) is 0 Å². The molecule has 1 N–H and O–H groups in total. The monoisotopic (exact) mass is 631 g/mol. The Balaban J connectivity index is 1.57. The summed E-state index contributed by atoms with van der Waals surface area (Å²) in [6.07, 6.45) is 3.27. The van der Waals surface area contributed by atoms with E-state index in [1.165, 1.54) is 23.6 Å². The van der Waals surface area contributed by atoms with Crippen LogP contribution in [0.15, 0.2) is 58.3 Å². The highest BCUT2D eigenvalue weighted by Crippen LogP contribution is 2.32. The molecule has 0 spiro atoms. The number of rotatable bonds is 8. The molecule has 6 rings (SSSR count). The van der Waals surface area contributed by atoms with Crippen molar-refractivity contribution >= 4 is 23.3 Å². The Morgan fingerprint density at radius 2 is 1.91 bits per heavy atom. The number of carbonyl (C=O) groups is 1. The number of nitrogens with one attached hydrogen (secondary N) is 1. The van der Waals surface area contributed by atoms with Crippen LogP contribution in [-0.4, -0.2) is 57.6 Å². The number of piperazine rings is 1. The first-order chi connectivity index (χ1) is 21.7. The first-order valence-electron chi connectivity index (χ1n) is 15.0. The van der Waals surface area contributed by atoms with Crippen LogP contribution in [0.5, 0.6) is 5.75 Å². The van der Waals surface area contributed by atoms with Crippen LogP contribution >= 0.6 is 11.3 Å². The molecule has 0 aliphatic carbocycles. The summed E-state index contributed by atoms with van der Waals surface area (Å²) in [5.74, 6) is 0.450. The average molecular weight is 632 g/mol. The molecule has 2 fully saturated rings. The highest BCUT2D eigenvalue weighted by Gasteiger charge is 2.36. The first kappa shape index (κ1) is 30.8. The number of halogens is 2. The molecule has 4 aromatic rings. The largest absolute Gasteiger partial charge is 0.497 e. The summed E-state index contributed by atoms with van der Waals surface area (Å²) >= 11 is 1.25. The van der Waals surface area contributed by atoms with Gasteiger partial charge in [0.1, 0.15) is 16.5 Å². The highest BCUT2D eigenvalue weighted by molar-refractivity contribution is 7.13. The van der Waals surface area contributed by atoms with Crippen molar-refractivity contribution in [2.75, 3.05) is 20.2 Å². The number of aromatic nitrogens is 3. The molecule has 8 nitrogen and oxygen atoms in total. The van der Waals surface area contributed by atoms with Gasteiger partial charge in [0.05, 0.1) is 35.3 Å². The average Bonchev–Trinajstić information content (AvgIpc) is 3.66. The number of carbonyl (C=O) groups excluding carboxylic acids is 1. The molecule has 2 atom stereocenters. The lowest BCUT2D eigenvalue weighted by Crippen LogP contribution is -2.53. The number of likely N-dealkylation sites (tertiary alicyclic amines) is 1. The molecule has 3 aromatic heterocycles. The summed E-state index contributed by atoms with van der Waals surface area (Å²) in [5.41, 5.74) is 4.10. The lowest BCUT2D eigenvalue weighted by atomic mass is 10.0. The van der Waals surface area contributed by atoms with E-state index in [1.807, 2.05) is 49.9 Å². The van der Waals surface area contributed by atoms with Crippen molar-refractivity contribution in [1.29, 1.82) is 0 Å². The number of fused-ring (bicyclic) bond motifs is 2. The molecule has 0 unspecified atom stereocenters. The molecular weight excluding hydrogens is 596 g/mol. The van der Waals surface area contributed by atoms with E-state index in [2.05, 4.69) is 10.3 Å². The van der Waals surface area contributed by atoms with Crippen LogP contribution in [0.4, 0.5) is 8.78 Å². The van der Waals surface area contributed by atoms with Gasteiger partial charge in [-0.3, -0.25) is 19.1 Å². The molecule has 2 aliphatic rings. The van der Waals surface area contributed by atoms with Crippen molar-refractivity contribution in [3.8, 4) is 33.3 Å². The normalized spacial score (nSPS) is 17.5. The fraction of sp³-hybridized carbons (Fsp3) is 0.353. The fourth-order valence-electron chi connectivity index (χ4n) is 6.14. The van der Waals surface area contributed by atoms with Crippen molar-refractivity contribution in [3.05, 3.63) is 86.4 Å². The van der Waals surface area contributed by atoms with E-state index in [0.29, 0.717) is 58.5 Å². The lowest BCUT2D eigenvalue weighted by molar-refractivity contribution is 0.0696. The number of methoxy groups -OCH3 is 1. The van der Waals surface area contributed by atoms with Gasteiger partial charge in [-0.2, -0.15) is 0 Å². The summed E-state index contributed by atoms with van der Waals surface area (Å²) in [7, 11) is 1.58. The van der Waals surface area contributed by atoms with Gasteiger partial charge >= 0.3 is 0 Å². The second-order valence-corrected chi connectivity index (χ2v) is 12.6.